The first-order chi connectivity index (χ1) is 13.5. The largest absolute Gasteiger partial charge is 0.348 e. The van der Waals surface area contributed by atoms with E-state index in [1.165, 1.54) is 28.7 Å². The van der Waals surface area contributed by atoms with E-state index in [9.17, 15) is 9.59 Å². The molecule has 3 aromatic rings. The van der Waals surface area contributed by atoms with Gasteiger partial charge in [-0.1, -0.05) is 40.3 Å². The van der Waals surface area contributed by atoms with Crippen LogP contribution in [0.1, 0.15) is 19.8 Å². The molecule has 0 saturated carbocycles. The number of aromatic nitrogens is 3. The number of nitrogens with one attached hydrogen (secondary N) is 1. The summed E-state index contributed by atoms with van der Waals surface area (Å²) in [7, 11) is 0. The van der Waals surface area contributed by atoms with Gasteiger partial charge >= 0.3 is 0 Å². The van der Waals surface area contributed by atoms with Crippen molar-refractivity contribution in [1.82, 2.24) is 14.5 Å². The summed E-state index contributed by atoms with van der Waals surface area (Å²) >= 11 is 4.73. The molecule has 1 aromatic carbocycles. The van der Waals surface area contributed by atoms with Crippen molar-refractivity contribution in [3.8, 4) is 0 Å². The lowest BCUT2D eigenvalue weighted by atomic mass is 10.0. The second-order valence-corrected chi connectivity index (χ2v) is 8.97. The number of halogens is 1. The summed E-state index contributed by atoms with van der Waals surface area (Å²) < 4.78 is 2.69. The van der Waals surface area contributed by atoms with E-state index >= 15 is 0 Å². The number of thiazole rings is 1. The Balaban J connectivity index is 1.54. The predicted octanol–water partition coefficient (Wildman–Crippen LogP) is 3.49. The molecule has 1 aliphatic rings. The maximum absolute atomic E-state index is 12.8. The zero-order valence-corrected chi connectivity index (χ0v) is 17.8. The highest BCUT2D eigenvalue weighted by Gasteiger charge is 2.21. The summed E-state index contributed by atoms with van der Waals surface area (Å²) in [5.41, 5.74) is 0.885. The number of anilines is 2. The molecule has 7 nitrogen and oxygen atoms in total. The second-order valence-electron chi connectivity index (χ2n) is 7.08. The number of carbonyl (C=O) groups excluding carboxylic acids is 1. The number of amides is 1. The van der Waals surface area contributed by atoms with E-state index in [4.69, 9.17) is 0 Å². The summed E-state index contributed by atoms with van der Waals surface area (Å²) in [4.78, 5) is 36.2. The van der Waals surface area contributed by atoms with Gasteiger partial charge < -0.3 is 10.2 Å². The number of piperidine rings is 1. The summed E-state index contributed by atoms with van der Waals surface area (Å²) in [6.07, 6.45) is 3.75. The van der Waals surface area contributed by atoms with Gasteiger partial charge in [0.05, 0.1) is 0 Å². The number of hydrogen-bond acceptors (Lipinski definition) is 6. The molecule has 28 heavy (non-hydrogen) atoms. The van der Waals surface area contributed by atoms with E-state index in [1.807, 2.05) is 12.1 Å². The molecular weight excluding hydrogens is 442 g/mol. The molecule has 1 atom stereocenters. The minimum absolute atomic E-state index is 0.0950. The number of fused-ring (bicyclic) bond motifs is 1. The summed E-state index contributed by atoms with van der Waals surface area (Å²) in [6, 6.07) is 7.31. The number of benzene rings is 1. The summed E-state index contributed by atoms with van der Waals surface area (Å²) in [6.45, 7) is 4.04. The van der Waals surface area contributed by atoms with Crippen LogP contribution >= 0.6 is 27.3 Å². The molecule has 0 bridgehead atoms. The first-order valence-electron chi connectivity index (χ1n) is 9.16. The van der Waals surface area contributed by atoms with Gasteiger partial charge in [0.25, 0.3) is 5.56 Å². The van der Waals surface area contributed by atoms with Crippen LogP contribution in [0.5, 0.6) is 0 Å². The van der Waals surface area contributed by atoms with Crippen LogP contribution < -0.4 is 15.8 Å². The van der Waals surface area contributed by atoms with Crippen LogP contribution in [0.3, 0.4) is 0 Å². The monoisotopic (exact) mass is 461 g/mol. The van der Waals surface area contributed by atoms with E-state index in [0.29, 0.717) is 22.0 Å². The van der Waals surface area contributed by atoms with Crippen LogP contribution in [0, 0.1) is 5.92 Å². The quantitative estimate of drug-likeness (QED) is 0.642. The normalized spacial score (nSPS) is 17.1. The molecule has 0 aliphatic carbocycles. The smallest absolute Gasteiger partial charge is 0.273 e. The molecule has 1 amide bonds. The molecule has 146 valence electrons. The Bertz CT molecular complexity index is 1080. The van der Waals surface area contributed by atoms with Gasteiger partial charge in [0, 0.05) is 23.2 Å². The van der Waals surface area contributed by atoms with Crippen LogP contribution in [0.15, 0.2) is 39.9 Å². The highest BCUT2D eigenvalue weighted by molar-refractivity contribution is 9.10. The Kier molecular flexibility index (Phi) is 5.45. The van der Waals surface area contributed by atoms with Crippen LogP contribution in [-0.2, 0) is 11.3 Å². The average molecular weight is 462 g/mol. The van der Waals surface area contributed by atoms with Crippen molar-refractivity contribution in [1.29, 1.82) is 0 Å². The Hall–Kier alpha value is -2.26. The standard InChI is InChI=1S/C19H20BrN5O2S/c1-12-4-3-7-24(9-12)19-23-17-16(28-19)18(27)25(11-21-17)10-15(26)22-14-6-2-5-13(20)8-14/h2,5-6,8,11-12H,3-4,7,9-10H2,1H3,(H,22,26). The van der Waals surface area contributed by atoms with Crippen molar-refractivity contribution < 1.29 is 4.79 Å². The van der Waals surface area contributed by atoms with Crippen LogP contribution in [0.4, 0.5) is 10.8 Å². The molecule has 0 radical (unpaired) electrons. The Morgan fingerprint density at radius 3 is 3.07 bits per heavy atom. The van der Waals surface area contributed by atoms with Crippen molar-refractivity contribution in [2.75, 3.05) is 23.3 Å². The predicted molar refractivity (Wildman–Crippen MR) is 115 cm³/mol. The highest BCUT2D eigenvalue weighted by Crippen LogP contribution is 2.29. The molecule has 1 saturated heterocycles. The van der Waals surface area contributed by atoms with Gasteiger partial charge in [-0.15, -0.1) is 0 Å². The molecule has 1 N–H and O–H groups in total. The summed E-state index contributed by atoms with van der Waals surface area (Å²) in [5, 5.41) is 3.63. The Morgan fingerprint density at radius 2 is 2.29 bits per heavy atom. The molecule has 3 heterocycles. The van der Waals surface area contributed by atoms with Gasteiger partial charge in [0.1, 0.15) is 17.6 Å². The molecule has 1 aliphatic heterocycles. The second kappa shape index (κ2) is 8.00. The van der Waals surface area contributed by atoms with Crippen molar-refractivity contribution in [3.63, 3.8) is 0 Å². The maximum atomic E-state index is 12.8. The van der Waals surface area contributed by atoms with E-state index < -0.39 is 0 Å². The van der Waals surface area contributed by atoms with Crippen molar-refractivity contribution in [2.45, 2.75) is 26.3 Å². The Morgan fingerprint density at radius 1 is 1.43 bits per heavy atom. The zero-order valence-electron chi connectivity index (χ0n) is 15.4. The van der Waals surface area contributed by atoms with E-state index in [0.717, 1.165) is 29.1 Å². The number of carbonyl (C=O) groups is 1. The van der Waals surface area contributed by atoms with Gasteiger partial charge in [0.15, 0.2) is 10.8 Å². The Labute approximate surface area is 174 Å². The molecule has 1 fully saturated rings. The van der Waals surface area contributed by atoms with Gasteiger partial charge in [-0.25, -0.2) is 4.98 Å². The third-order valence-corrected chi connectivity index (χ3v) is 6.31. The van der Waals surface area contributed by atoms with Gasteiger partial charge in [-0.2, -0.15) is 4.98 Å². The van der Waals surface area contributed by atoms with Gasteiger partial charge in [-0.05, 0) is 37.0 Å². The fourth-order valence-electron chi connectivity index (χ4n) is 3.37. The molecule has 0 spiro atoms. The third-order valence-electron chi connectivity index (χ3n) is 4.72. The van der Waals surface area contributed by atoms with Crippen LogP contribution in [-0.4, -0.2) is 33.5 Å². The lowest BCUT2D eigenvalue weighted by molar-refractivity contribution is -0.116. The van der Waals surface area contributed by atoms with E-state index in [-0.39, 0.29) is 18.0 Å². The number of hydrogen-bond donors (Lipinski definition) is 1. The molecule has 9 heteroatoms. The van der Waals surface area contributed by atoms with E-state index in [1.54, 1.807) is 12.1 Å². The van der Waals surface area contributed by atoms with Gasteiger partial charge in [0.2, 0.25) is 5.91 Å². The minimum Gasteiger partial charge on any atom is -0.348 e. The van der Waals surface area contributed by atoms with Gasteiger partial charge in [-0.3, -0.25) is 14.2 Å². The molecule has 1 unspecified atom stereocenters. The highest BCUT2D eigenvalue weighted by atomic mass is 79.9. The third kappa shape index (κ3) is 4.10. The van der Waals surface area contributed by atoms with Crippen molar-refractivity contribution in [2.24, 2.45) is 5.92 Å². The number of rotatable bonds is 4. The van der Waals surface area contributed by atoms with Crippen LogP contribution in [0.2, 0.25) is 0 Å². The topological polar surface area (TPSA) is 80.1 Å². The van der Waals surface area contributed by atoms with E-state index in [2.05, 4.69) is 43.0 Å². The SMILES string of the molecule is CC1CCCN(c2nc3ncn(CC(=O)Nc4cccc(Br)c4)c(=O)c3s2)C1. The maximum Gasteiger partial charge on any atom is 0.273 e. The number of nitrogens with zero attached hydrogens (tertiary/aromatic N) is 4. The first kappa shape index (κ1) is 19.1. The first-order valence-corrected chi connectivity index (χ1v) is 10.8. The zero-order chi connectivity index (χ0) is 19.7. The average Bonchev–Trinajstić information content (AvgIpc) is 3.09. The molecular formula is C19H20BrN5O2S. The minimum atomic E-state index is -0.282. The molecule has 4 rings (SSSR count). The van der Waals surface area contributed by atoms with Crippen LogP contribution in [0.25, 0.3) is 10.3 Å². The lowest BCUT2D eigenvalue weighted by Crippen LogP contribution is -2.34. The fourth-order valence-corrected chi connectivity index (χ4v) is 4.77. The summed E-state index contributed by atoms with van der Waals surface area (Å²) in [5.74, 6) is 0.336. The van der Waals surface area contributed by atoms with Crippen molar-refractivity contribution >= 4 is 54.3 Å². The lowest BCUT2D eigenvalue weighted by Gasteiger charge is -2.30. The fraction of sp³-hybridized carbons (Fsp3) is 0.368. The molecule has 2 aromatic heterocycles. The van der Waals surface area contributed by atoms with Crippen molar-refractivity contribution in [3.05, 3.63) is 45.4 Å².